The van der Waals surface area contributed by atoms with Gasteiger partial charge in [0.05, 0.1) is 37.8 Å². The summed E-state index contributed by atoms with van der Waals surface area (Å²) in [5.74, 6) is -18.1. The van der Waals surface area contributed by atoms with Crippen LogP contribution in [0.15, 0.2) is 146 Å². The summed E-state index contributed by atoms with van der Waals surface area (Å²) in [6.45, 7) is 0.428. The predicted octanol–water partition coefficient (Wildman–Crippen LogP) is -3.99. The molecular weight excluding hydrogens is 1620 g/mol. The van der Waals surface area contributed by atoms with Crippen LogP contribution in [0.4, 0.5) is 0 Å². The number of primary amides is 1. The van der Waals surface area contributed by atoms with Crippen molar-refractivity contribution in [3.63, 3.8) is 0 Å². The van der Waals surface area contributed by atoms with Crippen molar-refractivity contribution in [2.24, 2.45) is 22.9 Å². The van der Waals surface area contributed by atoms with Gasteiger partial charge in [-0.25, -0.2) is 4.79 Å². The fourth-order valence-electron chi connectivity index (χ4n) is 12.8. The first-order valence-electron chi connectivity index (χ1n) is 39.6. The van der Waals surface area contributed by atoms with Crippen LogP contribution in [-0.2, 0) is 104 Å². The summed E-state index contributed by atoms with van der Waals surface area (Å²) < 4.78 is 0. The van der Waals surface area contributed by atoms with Gasteiger partial charge >= 0.3 is 5.97 Å². The standard InChI is InChI=1S/C82H108N18O20S2/c1-45(102)68-80(117)96-60(37-49-22-10-5-11-23-49)77(114)100-69(46(2)103)81(118)97-63(42-101)78(115)98-65(82(119)120)44-122-121-43-64(89-67(106)41-87-70(107)54(85)34-50-28-30-53(104)31-29-50)79(116)91-56(26-14-16-32-83)71(108)95-62(40-66(86)105)76(113)93-58(35-47-18-6-3-7-19-47)73(110)92-59(36-48-20-8-4-9-21-48)74(111)94-61(39-52-38-51-24-12-13-25-55(51)88-52)75(112)90-57(72(109)99-68)27-15-17-33-84/h3-13,18-25,28-31,38,45-46,54,56-65,68-69,88,101-104H,14-17,26-27,32-37,39-44,83-85H2,1-2H3,(H2,86,105)(H,87,107)(H,89,106)(H,90,112)(H,91,116)(H,92,110)(H,93,113)(H,94,111)(H,95,108)(H,96,117)(H,97,118)(H,98,115)(H,99,109)(H,100,114)(H,119,120)/t45-,46-,54+,56+,57-,58?,59+,60-,61+,62+,63+,64-,65?,68?,69?/m1/s1. The lowest BCUT2D eigenvalue weighted by molar-refractivity contribution is -0.142. The van der Waals surface area contributed by atoms with E-state index in [-0.39, 0.29) is 83.0 Å². The van der Waals surface area contributed by atoms with E-state index < -0.39 is 210 Å². The lowest BCUT2D eigenvalue weighted by Crippen LogP contribution is -2.63. The summed E-state index contributed by atoms with van der Waals surface area (Å²) in [7, 11) is 1.46. The van der Waals surface area contributed by atoms with Crippen LogP contribution in [0.1, 0.15) is 86.7 Å². The number of fused-ring (bicyclic) bond motifs is 1. The highest BCUT2D eigenvalue weighted by Gasteiger charge is 2.40. The van der Waals surface area contributed by atoms with Crippen LogP contribution < -0.4 is 92.1 Å². The van der Waals surface area contributed by atoms with Crippen LogP contribution in [0.3, 0.4) is 0 Å². The molecule has 0 saturated carbocycles. The molecule has 6 aromatic rings. The van der Waals surface area contributed by atoms with Crippen LogP contribution in [0, 0.1) is 0 Å². The third-order valence-electron chi connectivity index (χ3n) is 19.5. The maximum atomic E-state index is 15.4. The zero-order valence-corrected chi connectivity index (χ0v) is 68.9. The van der Waals surface area contributed by atoms with E-state index in [0.29, 0.717) is 56.1 Å². The van der Waals surface area contributed by atoms with Crippen molar-refractivity contribution < 1.29 is 97.5 Å². The van der Waals surface area contributed by atoms with Gasteiger partial charge in [-0.3, -0.25) is 67.1 Å². The molecule has 5 aromatic carbocycles. The van der Waals surface area contributed by atoms with Crippen LogP contribution in [0.5, 0.6) is 5.75 Å². The van der Waals surface area contributed by atoms with Crippen molar-refractivity contribution in [2.75, 3.05) is 37.7 Å². The Kier molecular flexibility index (Phi) is 39.5. The Balaban J connectivity index is 1.30. The monoisotopic (exact) mass is 1730 g/mol. The molecule has 2 heterocycles. The Hall–Kier alpha value is -12.0. The smallest absolute Gasteiger partial charge is 0.327 e. The molecule has 1 fully saturated rings. The van der Waals surface area contributed by atoms with Crippen molar-refractivity contribution in [3.05, 3.63) is 174 Å². The van der Waals surface area contributed by atoms with Crippen LogP contribution >= 0.6 is 21.6 Å². The Bertz CT molecular complexity index is 4500. The number of aliphatic hydroxyl groups is 3. The molecule has 0 radical (unpaired) electrons. The van der Waals surface area contributed by atoms with Crippen LogP contribution in [0.2, 0.25) is 0 Å². The number of phenols is 1. The molecule has 0 aliphatic carbocycles. The number of carbonyl (C=O) groups is 15. The Morgan fingerprint density at radius 3 is 1.34 bits per heavy atom. The number of aromatic nitrogens is 1. The molecule has 4 unspecified atom stereocenters. The number of nitrogens with two attached hydrogens (primary N) is 4. The summed E-state index contributed by atoms with van der Waals surface area (Å²) >= 11 is 0. The third-order valence-corrected chi connectivity index (χ3v) is 21.9. The first-order valence-corrected chi connectivity index (χ1v) is 42.1. The van der Waals surface area contributed by atoms with Crippen molar-refractivity contribution in [1.29, 1.82) is 0 Å². The summed E-state index contributed by atoms with van der Waals surface area (Å²) in [5.41, 5.74) is 26.6. The molecule has 1 aromatic heterocycles. The average Bonchev–Trinajstić information content (AvgIpc) is 1.57. The van der Waals surface area contributed by atoms with Gasteiger partial charge < -0.3 is 123 Å². The molecule has 27 N–H and O–H groups in total. The van der Waals surface area contributed by atoms with Gasteiger partial charge in [-0.1, -0.05) is 143 Å². The number of para-hydroxylation sites is 1. The van der Waals surface area contributed by atoms with E-state index in [0.717, 1.165) is 24.6 Å². The van der Waals surface area contributed by atoms with Crippen LogP contribution in [-0.4, -0.2) is 248 Å². The number of aromatic hydroxyl groups is 1. The van der Waals surface area contributed by atoms with E-state index in [4.69, 9.17) is 22.9 Å². The first kappa shape index (κ1) is 97.1. The second-order valence-corrected chi connectivity index (χ2v) is 31.9. The van der Waals surface area contributed by atoms with Gasteiger partial charge in [0.25, 0.3) is 0 Å². The van der Waals surface area contributed by atoms with E-state index in [1.165, 1.54) is 24.3 Å². The molecular formula is C82H108N18O20S2. The molecule has 0 bridgehead atoms. The number of hydrogen-bond donors (Lipinski definition) is 23. The fraction of sp³-hybridized carbons (Fsp3) is 0.427. The summed E-state index contributed by atoms with van der Waals surface area (Å²) in [5, 5.41) is 86.2. The van der Waals surface area contributed by atoms with Gasteiger partial charge in [-0.15, -0.1) is 0 Å². The number of carboxylic acids is 1. The second kappa shape index (κ2) is 49.6. The number of carbonyl (C=O) groups excluding carboxylic acids is 14. The van der Waals surface area contributed by atoms with Crippen molar-refractivity contribution >= 4 is 121 Å². The number of aliphatic hydroxyl groups excluding tert-OH is 3. The first-order chi connectivity index (χ1) is 58.3. The number of benzene rings is 5. The van der Waals surface area contributed by atoms with Crippen molar-refractivity contribution in [1.82, 2.24) is 74.1 Å². The van der Waals surface area contributed by atoms with Crippen molar-refractivity contribution in [2.45, 2.75) is 182 Å². The molecule has 7 rings (SSSR count). The number of phenolic OH excluding ortho intramolecular Hbond substituents is 1. The fourth-order valence-corrected chi connectivity index (χ4v) is 15.2. The van der Waals surface area contributed by atoms with E-state index in [1.807, 2.05) is 0 Å². The minimum Gasteiger partial charge on any atom is -0.508 e. The van der Waals surface area contributed by atoms with Gasteiger partial charge in [-0.2, -0.15) is 0 Å². The van der Waals surface area contributed by atoms with E-state index in [9.17, 15) is 83.1 Å². The van der Waals surface area contributed by atoms with Crippen molar-refractivity contribution in [3.8, 4) is 5.75 Å². The lowest BCUT2D eigenvalue weighted by Gasteiger charge is -2.29. The molecule has 40 heteroatoms. The zero-order valence-electron chi connectivity index (χ0n) is 67.2. The molecule has 0 spiro atoms. The maximum Gasteiger partial charge on any atom is 0.327 e. The molecule has 658 valence electrons. The van der Waals surface area contributed by atoms with E-state index >= 15 is 14.4 Å². The van der Waals surface area contributed by atoms with Gasteiger partial charge in [0.15, 0.2) is 0 Å². The summed E-state index contributed by atoms with van der Waals surface area (Å²) in [6, 6.07) is 16.7. The van der Waals surface area contributed by atoms with E-state index in [1.54, 1.807) is 121 Å². The largest absolute Gasteiger partial charge is 0.508 e. The maximum absolute atomic E-state index is 15.4. The number of amides is 14. The van der Waals surface area contributed by atoms with Gasteiger partial charge in [0.1, 0.15) is 78.3 Å². The molecule has 122 heavy (non-hydrogen) atoms. The lowest BCUT2D eigenvalue weighted by atomic mass is 10.0. The topological polar surface area (TPSA) is 633 Å². The number of rotatable bonds is 28. The third kappa shape index (κ3) is 31.8. The summed E-state index contributed by atoms with van der Waals surface area (Å²) in [4.78, 5) is 219. The van der Waals surface area contributed by atoms with Gasteiger partial charge in [0.2, 0.25) is 82.7 Å². The number of aromatic amines is 1. The average molecular weight is 1730 g/mol. The van der Waals surface area contributed by atoms with Crippen LogP contribution in [0.25, 0.3) is 10.9 Å². The second-order valence-electron chi connectivity index (χ2n) is 29.3. The minimum atomic E-state index is -2.00. The number of nitrogens with one attached hydrogen (secondary N) is 14. The normalized spacial score (nSPS) is 23.0. The molecule has 38 nitrogen and oxygen atoms in total. The highest BCUT2D eigenvalue weighted by Crippen LogP contribution is 2.25. The highest BCUT2D eigenvalue weighted by atomic mass is 33.1. The SMILES string of the molecule is C[C@@H](O)C1NC(=O)[C@@H](Cc2ccccc2)NC(=O)C([C@@H](C)O)NC(=O)[C@@H](CCCCN)NC(=O)[C@H](Cc2cc3ccccc3[nH]2)NC(=O)[C@H](Cc2ccccc2)NC(=O)C(Cc2ccccc2)NC(=O)[C@H](CC(N)=O)NC(=O)[C@H](CCCCN)NC(=O)[C@H](NC(=O)CNC(=O)[C@@H](N)Cc2ccc(O)cc2)CSSCC(C(=O)O)NC(=O)[C@H](CO)NC1=O. The Morgan fingerprint density at radius 1 is 0.467 bits per heavy atom. The Morgan fingerprint density at radius 2 is 0.869 bits per heavy atom. The summed E-state index contributed by atoms with van der Waals surface area (Å²) in [6.07, 6.45) is -5.30. The molecule has 15 atom stereocenters. The zero-order chi connectivity index (χ0) is 89.0. The molecule has 14 amide bonds. The number of hydrogen-bond acceptors (Lipinski definition) is 24. The van der Waals surface area contributed by atoms with E-state index in [2.05, 4.69) is 74.1 Å². The number of carboxylic acid groups (broad SMARTS) is 1. The molecule has 1 aliphatic heterocycles. The van der Waals surface area contributed by atoms with Gasteiger partial charge in [0, 0.05) is 48.4 Å². The predicted molar refractivity (Wildman–Crippen MR) is 451 cm³/mol. The highest BCUT2D eigenvalue weighted by molar-refractivity contribution is 8.76. The molecule has 1 aliphatic rings. The Labute approximate surface area is 710 Å². The van der Waals surface area contributed by atoms with Gasteiger partial charge in [-0.05, 0) is 124 Å². The molecule has 1 saturated heterocycles. The number of aliphatic carboxylic acids is 1. The quantitative estimate of drug-likeness (QED) is 0.0164. The minimum absolute atomic E-state index is 0.0363. The number of H-pyrrole nitrogens is 1. The number of unbranched alkanes of at least 4 members (excludes halogenated alkanes) is 2.